The minimum Gasteiger partial charge on any atom is -0.373 e. The first-order valence-electron chi connectivity index (χ1n) is 16.7. The molecule has 2 fully saturated rings. The molecular weight excluding hydrogens is 642 g/mol. The Morgan fingerprint density at radius 3 is 2.50 bits per heavy atom. The third-order valence-electron chi connectivity index (χ3n) is 9.16. The number of nitrogens with zero attached hydrogens (tertiary/aromatic N) is 7. The fraction of sp³-hybridized carbons (Fsp3) is 0.333. The van der Waals surface area contributed by atoms with Gasteiger partial charge in [0.05, 0.1) is 23.6 Å². The smallest absolute Gasteiger partial charge is 0.249 e. The lowest BCUT2D eigenvalue weighted by molar-refractivity contribution is -0.133. The van der Waals surface area contributed by atoms with Gasteiger partial charge in [-0.2, -0.15) is 0 Å². The van der Waals surface area contributed by atoms with Crippen molar-refractivity contribution in [3.05, 3.63) is 83.9 Å². The Hall–Kier alpha value is -5.50. The Kier molecular flexibility index (Phi) is 9.10. The van der Waals surface area contributed by atoms with Crippen LogP contribution in [0.2, 0.25) is 0 Å². The molecule has 2 aliphatic rings. The molecule has 1 unspecified atom stereocenters. The number of aryl methyl sites for hydroxylation is 1. The molecule has 14 heteroatoms. The number of carbonyl (C=O) groups excluding carboxylic acids is 2. The van der Waals surface area contributed by atoms with E-state index in [-0.39, 0.29) is 40.6 Å². The van der Waals surface area contributed by atoms with Crippen LogP contribution in [0.4, 0.5) is 31.9 Å². The molecule has 0 aliphatic carbocycles. The maximum atomic E-state index is 15.1. The summed E-state index contributed by atoms with van der Waals surface area (Å²) < 4.78 is 32.0. The van der Waals surface area contributed by atoms with Crippen molar-refractivity contribution in [3.8, 4) is 11.3 Å². The zero-order valence-electron chi connectivity index (χ0n) is 28.1. The molecule has 0 spiro atoms. The maximum Gasteiger partial charge on any atom is 0.249 e. The number of para-hydroxylation sites is 1. The van der Waals surface area contributed by atoms with E-state index in [1.54, 1.807) is 12.3 Å². The van der Waals surface area contributed by atoms with E-state index < -0.39 is 17.7 Å². The van der Waals surface area contributed by atoms with E-state index in [4.69, 9.17) is 0 Å². The normalized spacial score (nSPS) is 17.0. The number of benzene rings is 2. The van der Waals surface area contributed by atoms with Crippen LogP contribution in [0.15, 0.2) is 60.9 Å². The maximum absolute atomic E-state index is 15.1. The Labute approximate surface area is 288 Å². The number of fused-ring (bicyclic) bond motifs is 1. The van der Waals surface area contributed by atoms with E-state index in [0.29, 0.717) is 30.0 Å². The van der Waals surface area contributed by atoms with Crippen molar-refractivity contribution in [2.75, 3.05) is 41.7 Å². The third kappa shape index (κ3) is 6.83. The number of pyridine rings is 1. The second-order valence-electron chi connectivity index (χ2n) is 12.9. The fourth-order valence-electron chi connectivity index (χ4n) is 6.67. The Morgan fingerprint density at radius 1 is 0.960 bits per heavy atom. The van der Waals surface area contributed by atoms with Gasteiger partial charge in [-0.1, -0.05) is 18.2 Å². The zero-order valence-corrected chi connectivity index (χ0v) is 28.1. The number of piperazine rings is 1. The molecule has 1 atom stereocenters. The second-order valence-corrected chi connectivity index (χ2v) is 12.9. The summed E-state index contributed by atoms with van der Waals surface area (Å²) in [6.07, 6.45) is 3.64. The van der Waals surface area contributed by atoms with Crippen LogP contribution in [0.25, 0.3) is 22.3 Å². The van der Waals surface area contributed by atoms with Crippen LogP contribution in [-0.4, -0.2) is 73.4 Å². The molecule has 7 rings (SSSR count). The van der Waals surface area contributed by atoms with Gasteiger partial charge in [0.2, 0.25) is 17.8 Å². The second kappa shape index (κ2) is 13.8. The molecule has 258 valence electrons. The van der Waals surface area contributed by atoms with Crippen LogP contribution in [0.3, 0.4) is 0 Å². The number of carbonyl (C=O) groups is 2. The molecule has 50 heavy (non-hydrogen) atoms. The van der Waals surface area contributed by atoms with Gasteiger partial charge < -0.3 is 20.1 Å². The predicted molar refractivity (Wildman–Crippen MR) is 187 cm³/mol. The molecule has 3 N–H and O–H groups in total. The van der Waals surface area contributed by atoms with Crippen molar-refractivity contribution in [3.63, 3.8) is 0 Å². The van der Waals surface area contributed by atoms with Crippen molar-refractivity contribution in [2.45, 2.75) is 52.2 Å². The average Bonchev–Trinajstić information content (AvgIpc) is 3.45. The fourth-order valence-corrected chi connectivity index (χ4v) is 6.67. The molecule has 2 aromatic carbocycles. The first kappa shape index (κ1) is 33.0. The van der Waals surface area contributed by atoms with Gasteiger partial charge in [-0.3, -0.25) is 19.8 Å². The molecule has 0 radical (unpaired) electrons. The summed E-state index contributed by atoms with van der Waals surface area (Å²) in [5.41, 5.74) is 4.04. The Bertz CT molecular complexity index is 2060. The SMILES string of the molecule is Cc1nc2c(F)cc(-c3nc(Nc4ccc(N5CCN(Cc6ccccc6NC6CCC(=O)NC6=O)CC5)cn4)ncc3F)cc2n1C(C)C. The number of imidazole rings is 1. The monoisotopic (exact) mass is 680 g/mol. The van der Waals surface area contributed by atoms with Gasteiger partial charge in [-0.25, -0.2) is 28.7 Å². The third-order valence-corrected chi connectivity index (χ3v) is 9.16. The molecule has 12 nitrogen and oxygen atoms in total. The molecule has 3 aromatic heterocycles. The topological polar surface area (TPSA) is 133 Å². The number of anilines is 4. The minimum absolute atomic E-state index is 0.0265. The number of piperidine rings is 1. The van der Waals surface area contributed by atoms with Gasteiger partial charge in [0, 0.05) is 56.4 Å². The molecule has 2 saturated heterocycles. The summed E-state index contributed by atoms with van der Waals surface area (Å²) in [6.45, 7) is 9.79. The molecular formula is C36H38F2N10O2. The van der Waals surface area contributed by atoms with Crippen molar-refractivity contribution in [2.24, 2.45) is 0 Å². The van der Waals surface area contributed by atoms with Crippen LogP contribution in [-0.2, 0) is 16.1 Å². The summed E-state index contributed by atoms with van der Waals surface area (Å²) in [6, 6.07) is 14.3. The number of halogens is 2. The lowest BCUT2D eigenvalue weighted by Gasteiger charge is -2.36. The average molecular weight is 681 g/mol. The quantitative estimate of drug-likeness (QED) is 0.175. The van der Waals surface area contributed by atoms with Gasteiger partial charge in [0.1, 0.15) is 28.9 Å². The largest absolute Gasteiger partial charge is 0.373 e. The van der Waals surface area contributed by atoms with Crippen LogP contribution in [0.5, 0.6) is 0 Å². The van der Waals surface area contributed by atoms with Crippen molar-refractivity contribution < 1.29 is 18.4 Å². The first-order valence-corrected chi connectivity index (χ1v) is 16.7. The van der Waals surface area contributed by atoms with E-state index in [1.165, 1.54) is 6.07 Å². The number of aromatic nitrogens is 5. The molecule has 2 amide bonds. The summed E-state index contributed by atoms with van der Waals surface area (Å²) in [5, 5.41) is 8.79. The number of rotatable bonds is 9. The summed E-state index contributed by atoms with van der Waals surface area (Å²) in [7, 11) is 0. The van der Waals surface area contributed by atoms with E-state index >= 15 is 4.39 Å². The molecule has 0 bridgehead atoms. The number of hydrogen-bond acceptors (Lipinski definition) is 10. The van der Waals surface area contributed by atoms with Crippen molar-refractivity contribution >= 4 is 46.0 Å². The Morgan fingerprint density at radius 2 is 1.76 bits per heavy atom. The van der Waals surface area contributed by atoms with Crippen molar-refractivity contribution in [1.29, 1.82) is 0 Å². The van der Waals surface area contributed by atoms with E-state index in [2.05, 4.69) is 51.8 Å². The van der Waals surface area contributed by atoms with E-state index in [0.717, 1.165) is 55.9 Å². The zero-order chi connectivity index (χ0) is 34.9. The highest BCUT2D eigenvalue weighted by atomic mass is 19.1. The van der Waals surface area contributed by atoms with Gasteiger partial charge >= 0.3 is 0 Å². The number of nitrogens with one attached hydrogen (secondary N) is 3. The lowest BCUT2D eigenvalue weighted by atomic mass is 10.0. The summed E-state index contributed by atoms with van der Waals surface area (Å²) >= 11 is 0. The molecule has 5 aromatic rings. The highest BCUT2D eigenvalue weighted by Gasteiger charge is 2.27. The minimum atomic E-state index is -0.668. The summed E-state index contributed by atoms with van der Waals surface area (Å²) in [5.74, 6) is -0.432. The van der Waals surface area contributed by atoms with Gasteiger partial charge in [0.15, 0.2) is 11.6 Å². The predicted octanol–water partition coefficient (Wildman–Crippen LogP) is 5.34. The summed E-state index contributed by atoms with van der Waals surface area (Å²) in [4.78, 5) is 45.9. The highest BCUT2D eigenvalue weighted by Crippen LogP contribution is 2.31. The molecule has 0 saturated carbocycles. The van der Waals surface area contributed by atoms with E-state index in [9.17, 15) is 14.0 Å². The van der Waals surface area contributed by atoms with E-state index in [1.807, 2.05) is 55.7 Å². The van der Waals surface area contributed by atoms with Gasteiger partial charge in [0.25, 0.3) is 0 Å². The standard InChI is InChI=1S/C36H38F2N10O2/c1-21(2)48-22(3)41-34-26(37)16-24(17-30(34)48)33-27(38)19-40-36(45-33)43-31-10-8-25(18-39-31)47-14-12-46(13-15-47)20-23-6-4-5-7-28(23)42-29-9-11-32(49)44-35(29)50/h4-8,10,16-19,21,29,42H,9,11-15,20H2,1-3H3,(H,44,49,50)(H,39,40,43,45). The molecule has 2 aliphatic heterocycles. The van der Waals surface area contributed by atoms with Gasteiger partial charge in [-0.05, 0) is 63.1 Å². The Balaban J connectivity index is 0.982. The lowest BCUT2D eigenvalue weighted by Crippen LogP contribution is -2.48. The first-order chi connectivity index (χ1) is 24.1. The van der Waals surface area contributed by atoms with Crippen LogP contribution in [0.1, 0.15) is 44.1 Å². The number of amides is 2. The highest BCUT2D eigenvalue weighted by molar-refractivity contribution is 6.01. The van der Waals surface area contributed by atoms with Crippen LogP contribution in [0, 0.1) is 18.6 Å². The number of hydrogen-bond donors (Lipinski definition) is 3. The van der Waals surface area contributed by atoms with Crippen LogP contribution >= 0.6 is 0 Å². The number of imide groups is 1. The van der Waals surface area contributed by atoms with Gasteiger partial charge in [-0.15, -0.1) is 0 Å². The molecule has 5 heterocycles. The van der Waals surface area contributed by atoms with Crippen LogP contribution < -0.4 is 20.9 Å². The van der Waals surface area contributed by atoms with Crippen molar-refractivity contribution in [1.82, 2.24) is 34.7 Å².